The smallest absolute Gasteiger partial charge is 0.276 e. The van der Waals surface area contributed by atoms with Crippen molar-refractivity contribution in [3.63, 3.8) is 0 Å². The van der Waals surface area contributed by atoms with E-state index in [0.717, 1.165) is 45.2 Å². The minimum Gasteiger partial charge on any atom is -0.342 e. The Kier molecular flexibility index (Phi) is 7.75. The van der Waals surface area contributed by atoms with E-state index >= 15 is 0 Å². The van der Waals surface area contributed by atoms with Crippen molar-refractivity contribution in [1.82, 2.24) is 19.7 Å². The van der Waals surface area contributed by atoms with Gasteiger partial charge in [0.2, 0.25) is 5.91 Å². The molecule has 1 saturated carbocycles. The fourth-order valence-electron chi connectivity index (χ4n) is 4.74. The fraction of sp³-hybridized carbons (Fsp3) is 0.379. The predicted molar refractivity (Wildman–Crippen MR) is 143 cm³/mol. The highest BCUT2D eigenvalue weighted by molar-refractivity contribution is 6.34. The van der Waals surface area contributed by atoms with Gasteiger partial charge in [0.15, 0.2) is 0 Å². The van der Waals surface area contributed by atoms with Crippen LogP contribution in [0.3, 0.4) is 0 Å². The number of piperidine rings is 1. The quantitative estimate of drug-likeness (QED) is 0.449. The monoisotopic (exact) mass is 533 g/mol. The largest absolute Gasteiger partial charge is 0.342 e. The summed E-state index contributed by atoms with van der Waals surface area (Å²) < 4.78 is 15.5. The molecule has 3 aromatic rings. The minimum absolute atomic E-state index is 0.264. The van der Waals surface area contributed by atoms with Gasteiger partial charge in [-0.1, -0.05) is 35.6 Å². The van der Waals surface area contributed by atoms with Crippen LogP contribution in [0.25, 0.3) is 0 Å². The van der Waals surface area contributed by atoms with Crippen LogP contribution in [0.1, 0.15) is 59.3 Å². The molecule has 38 heavy (non-hydrogen) atoms. The molecule has 2 aromatic heterocycles. The molecule has 196 valence electrons. The van der Waals surface area contributed by atoms with Crippen LogP contribution in [0, 0.1) is 36.4 Å². The Bertz CT molecular complexity index is 1410. The summed E-state index contributed by atoms with van der Waals surface area (Å²) in [5.41, 5.74) is 1.92. The molecule has 0 atom stereocenters. The topological polar surface area (TPSA) is 80.1 Å². The first-order valence-electron chi connectivity index (χ1n) is 12.9. The van der Waals surface area contributed by atoms with Gasteiger partial charge >= 0.3 is 0 Å². The van der Waals surface area contributed by atoms with Gasteiger partial charge in [-0.25, -0.2) is 9.37 Å². The molecule has 0 spiro atoms. The SMILES string of the molecule is Cc1cc(C#Cc2ccccc2F)cnc1NC(=O)c1c(Cl)cnn1CCC1CCN(C(=O)C2CC2)CC1. The number of rotatable bonds is 6. The zero-order valence-corrected chi connectivity index (χ0v) is 22.0. The normalized spacial score (nSPS) is 15.6. The molecule has 0 unspecified atom stereocenters. The first-order valence-corrected chi connectivity index (χ1v) is 13.3. The second-order valence-electron chi connectivity index (χ2n) is 9.97. The van der Waals surface area contributed by atoms with Gasteiger partial charge in [-0.3, -0.25) is 14.3 Å². The van der Waals surface area contributed by atoms with E-state index in [-0.39, 0.29) is 22.5 Å². The summed E-state index contributed by atoms with van der Waals surface area (Å²) in [7, 11) is 0. The van der Waals surface area contributed by atoms with Gasteiger partial charge in [0.1, 0.15) is 17.3 Å². The Morgan fingerprint density at radius 2 is 1.89 bits per heavy atom. The fourth-order valence-corrected chi connectivity index (χ4v) is 4.96. The van der Waals surface area contributed by atoms with Crippen molar-refractivity contribution >= 4 is 29.2 Å². The van der Waals surface area contributed by atoms with E-state index in [2.05, 4.69) is 27.2 Å². The van der Waals surface area contributed by atoms with Gasteiger partial charge in [0, 0.05) is 37.3 Å². The number of amides is 2. The lowest BCUT2D eigenvalue weighted by Crippen LogP contribution is -2.39. The van der Waals surface area contributed by atoms with Gasteiger partial charge in [-0.15, -0.1) is 0 Å². The first kappa shape index (κ1) is 25.9. The Labute approximate surface area is 226 Å². The Hall–Kier alpha value is -3.70. The van der Waals surface area contributed by atoms with Crippen molar-refractivity contribution in [2.45, 2.75) is 45.6 Å². The van der Waals surface area contributed by atoms with Crippen LogP contribution in [-0.2, 0) is 11.3 Å². The summed E-state index contributed by atoms with van der Waals surface area (Å²) in [5.74, 6) is 6.39. The number of aromatic nitrogens is 3. The number of carbonyl (C=O) groups excluding carboxylic acids is 2. The van der Waals surface area contributed by atoms with Crippen LogP contribution < -0.4 is 5.32 Å². The van der Waals surface area contributed by atoms with E-state index in [1.54, 1.807) is 28.9 Å². The molecule has 1 N–H and O–H groups in total. The van der Waals surface area contributed by atoms with Crippen LogP contribution in [0.5, 0.6) is 0 Å². The number of aryl methyl sites for hydroxylation is 2. The molecule has 9 heteroatoms. The number of benzene rings is 1. The highest BCUT2D eigenvalue weighted by Gasteiger charge is 2.34. The van der Waals surface area contributed by atoms with Crippen molar-refractivity contribution < 1.29 is 14.0 Å². The predicted octanol–water partition coefficient (Wildman–Crippen LogP) is 5.07. The lowest BCUT2D eigenvalue weighted by molar-refractivity contribution is -0.134. The van der Waals surface area contributed by atoms with E-state index in [9.17, 15) is 14.0 Å². The zero-order chi connectivity index (χ0) is 26.6. The standard InChI is InChI=1S/C29H29ClFN5O2/c1-19-16-21(6-7-22-4-2-3-5-25(22)31)17-32-27(19)34-28(37)26-24(30)18-33-36(26)15-12-20-10-13-35(14-11-20)29(38)23-8-9-23/h2-5,16-18,20,23H,8-15H2,1H3,(H,32,34,37). The molecule has 3 heterocycles. The Balaban J connectivity index is 1.19. The van der Waals surface area contributed by atoms with Gasteiger partial charge < -0.3 is 10.2 Å². The first-order chi connectivity index (χ1) is 18.4. The summed E-state index contributed by atoms with van der Waals surface area (Å²) >= 11 is 6.34. The molecular weight excluding hydrogens is 505 g/mol. The number of halogens is 2. The average Bonchev–Trinajstić information content (AvgIpc) is 3.70. The van der Waals surface area contributed by atoms with Gasteiger partial charge in [0.25, 0.3) is 5.91 Å². The summed E-state index contributed by atoms with van der Waals surface area (Å²) in [6, 6.07) is 8.11. The molecule has 2 aliphatic rings. The lowest BCUT2D eigenvalue weighted by Gasteiger charge is -2.32. The van der Waals surface area contributed by atoms with Crippen LogP contribution in [0.15, 0.2) is 42.7 Å². The summed E-state index contributed by atoms with van der Waals surface area (Å²) in [6.45, 7) is 3.99. The summed E-state index contributed by atoms with van der Waals surface area (Å²) in [4.78, 5) is 31.8. The van der Waals surface area contributed by atoms with E-state index in [4.69, 9.17) is 11.6 Å². The maximum Gasteiger partial charge on any atom is 0.276 e. The highest BCUT2D eigenvalue weighted by atomic mass is 35.5. The van der Waals surface area contributed by atoms with Gasteiger partial charge in [-0.05, 0) is 68.7 Å². The summed E-state index contributed by atoms with van der Waals surface area (Å²) in [6.07, 6.45) is 7.87. The number of likely N-dealkylation sites (tertiary alicyclic amines) is 1. The number of anilines is 1. The van der Waals surface area contributed by atoms with E-state index < -0.39 is 5.91 Å². The number of nitrogens with one attached hydrogen (secondary N) is 1. The second kappa shape index (κ2) is 11.4. The third kappa shape index (κ3) is 6.05. The van der Waals surface area contributed by atoms with Crippen molar-refractivity contribution in [2.24, 2.45) is 11.8 Å². The van der Waals surface area contributed by atoms with Crippen LogP contribution in [0.2, 0.25) is 5.02 Å². The molecule has 1 saturated heterocycles. The van der Waals surface area contributed by atoms with Crippen LogP contribution in [0.4, 0.5) is 10.2 Å². The minimum atomic E-state index is -0.391. The molecule has 7 nitrogen and oxygen atoms in total. The maximum atomic E-state index is 13.8. The number of hydrogen-bond acceptors (Lipinski definition) is 4. The van der Waals surface area contributed by atoms with Crippen molar-refractivity contribution in [2.75, 3.05) is 18.4 Å². The van der Waals surface area contributed by atoms with E-state index in [1.807, 2.05) is 11.8 Å². The molecular formula is C29H29ClFN5O2. The molecule has 0 bridgehead atoms. The molecule has 1 aliphatic carbocycles. The average molecular weight is 534 g/mol. The second-order valence-corrected chi connectivity index (χ2v) is 10.4. The van der Waals surface area contributed by atoms with Gasteiger partial charge in [-0.2, -0.15) is 5.10 Å². The van der Waals surface area contributed by atoms with Crippen LogP contribution in [-0.4, -0.2) is 44.6 Å². The molecule has 1 aromatic carbocycles. The van der Waals surface area contributed by atoms with Crippen molar-refractivity contribution in [3.05, 3.63) is 75.9 Å². The number of hydrogen-bond donors (Lipinski definition) is 1. The van der Waals surface area contributed by atoms with Gasteiger partial charge in [0.05, 0.1) is 16.8 Å². The Morgan fingerprint density at radius 1 is 1.13 bits per heavy atom. The molecule has 2 fully saturated rings. The van der Waals surface area contributed by atoms with Crippen molar-refractivity contribution in [3.8, 4) is 11.8 Å². The number of carbonyl (C=O) groups is 2. The number of nitrogens with zero attached hydrogens (tertiary/aromatic N) is 4. The van der Waals surface area contributed by atoms with Crippen molar-refractivity contribution in [1.29, 1.82) is 0 Å². The zero-order valence-electron chi connectivity index (χ0n) is 21.2. The van der Waals surface area contributed by atoms with E-state index in [1.165, 1.54) is 18.5 Å². The third-order valence-corrected chi connectivity index (χ3v) is 7.41. The number of pyridine rings is 1. The van der Waals surface area contributed by atoms with Crippen LogP contribution >= 0.6 is 11.6 Å². The highest BCUT2D eigenvalue weighted by Crippen LogP contribution is 2.33. The summed E-state index contributed by atoms with van der Waals surface area (Å²) in [5, 5.41) is 7.43. The molecule has 1 aliphatic heterocycles. The lowest BCUT2D eigenvalue weighted by atomic mass is 9.93. The molecule has 0 radical (unpaired) electrons. The maximum absolute atomic E-state index is 13.8. The molecule has 2 amide bonds. The third-order valence-electron chi connectivity index (χ3n) is 7.14. The molecule has 5 rings (SSSR count). The Morgan fingerprint density at radius 3 is 2.61 bits per heavy atom. The van der Waals surface area contributed by atoms with E-state index in [0.29, 0.717) is 40.9 Å².